The molecule has 26 heavy (non-hydrogen) atoms. The summed E-state index contributed by atoms with van der Waals surface area (Å²) in [4.78, 5) is 12.2. The zero-order chi connectivity index (χ0) is 18.8. The van der Waals surface area contributed by atoms with Gasteiger partial charge in [0.1, 0.15) is 11.4 Å². The fourth-order valence-electron chi connectivity index (χ4n) is 2.68. The molecule has 0 spiro atoms. The van der Waals surface area contributed by atoms with Crippen LogP contribution in [0.4, 0.5) is 0 Å². The van der Waals surface area contributed by atoms with E-state index in [2.05, 4.69) is 29.5 Å². The summed E-state index contributed by atoms with van der Waals surface area (Å²) in [6.07, 6.45) is 8.81. The second-order valence-corrected chi connectivity index (χ2v) is 6.35. The van der Waals surface area contributed by atoms with Gasteiger partial charge in [0, 0.05) is 13.6 Å². The van der Waals surface area contributed by atoms with E-state index in [0.717, 1.165) is 42.7 Å². The van der Waals surface area contributed by atoms with Crippen LogP contribution in [0.25, 0.3) is 0 Å². The van der Waals surface area contributed by atoms with Crippen LogP contribution < -0.4 is 10.1 Å². The Morgan fingerprint density at radius 1 is 1.27 bits per heavy atom. The van der Waals surface area contributed by atoms with E-state index >= 15 is 0 Å². The number of allylic oxidation sites excluding steroid dienone is 2. The summed E-state index contributed by atoms with van der Waals surface area (Å²) >= 11 is 0. The standard InChI is InChI=1S/C21H29N3O2/c1-4-5-6-7-8-9-13-26-19-12-10-11-18(15-19)16-22-21(25)20-14-17(2)23-24(20)3/h5-6,10-12,14-15H,4,7-9,13,16H2,1-3H3,(H,22,25). The molecule has 0 aliphatic rings. The number of nitrogens with one attached hydrogen (secondary N) is 1. The van der Waals surface area contributed by atoms with Crippen LogP contribution in [0.15, 0.2) is 42.5 Å². The van der Waals surface area contributed by atoms with Gasteiger partial charge in [-0.3, -0.25) is 9.48 Å². The molecule has 0 saturated carbocycles. The van der Waals surface area contributed by atoms with E-state index in [1.165, 1.54) is 0 Å². The van der Waals surface area contributed by atoms with Crippen molar-refractivity contribution >= 4 is 5.91 Å². The number of carbonyl (C=O) groups excluding carboxylic acids is 1. The van der Waals surface area contributed by atoms with Crippen LogP contribution in [-0.2, 0) is 13.6 Å². The summed E-state index contributed by atoms with van der Waals surface area (Å²) in [5.74, 6) is 0.719. The van der Waals surface area contributed by atoms with E-state index < -0.39 is 0 Å². The van der Waals surface area contributed by atoms with E-state index in [4.69, 9.17) is 4.74 Å². The van der Waals surface area contributed by atoms with E-state index in [9.17, 15) is 4.79 Å². The fourth-order valence-corrected chi connectivity index (χ4v) is 2.68. The third kappa shape index (κ3) is 6.39. The molecule has 2 aromatic rings. The minimum atomic E-state index is -0.125. The number of benzene rings is 1. The number of unbranched alkanes of at least 4 members (excludes halogenated alkanes) is 2. The number of carbonyl (C=O) groups is 1. The molecule has 1 amide bonds. The Morgan fingerprint density at radius 3 is 2.85 bits per heavy atom. The number of hydrogen-bond donors (Lipinski definition) is 1. The Hall–Kier alpha value is -2.56. The van der Waals surface area contributed by atoms with Gasteiger partial charge < -0.3 is 10.1 Å². The van der Waals surface area contributed by atoms with Gasteiger partial charge in [-0.15, -0.1) is 0 Å². The van der Waals surface area contributed by atoms with Crippen LogP contribution in [0, 0.1) is 6.92 Å². The summed E-state index contributed by atoms with van der Waals surface area (Å²) in [5, 5.41) is 7.13. The van der Waals surface area contributed by atoms with E-state index in [1.807, 2.05) is 31.2 Å². The molecule has 0 aliphatic carbocycles. The van der Waals surface area contributed by atoms with Crippen molar-refractivity contribution in [3.05, 3.63) is 59.4 Å². The van der Waals surface area contributed by atoms with Crippen molar-refractivity contribution in [3.63, 3.8) is 0 Å². The van der Waals surface area contributed by atoms with Crippen LogP contribution in [0.1, 0.15) is 54.4 Å². The third-order valence-corrected chi connectivity index (χ3v) is 4.02. The Bertz CT molecular complexity index is 735. The average molecular weight is 355 g/mol. The Kier molecular flexibility index (Phi) is 7.93. The number of hydrogen-bond acceptors (Lipinski definition) is 3. The minimum absolute atomic E-state index is 0.125. The number of amides is 1. The van der Waals surface area contributed by atoms with Crippen molar-refractivity contribution in [2.45, 2.75) is 46.1 Å². The Balaban J connectivity index is 1.77. The number of aromatic nitrogens is 2. The summed E-state index contributed by atoms with van der Waals surface area (Å²) in [6, 6.07) is 9.65. The highest BCUT2D eigenvalue weighted by molar-refractivity contribution is 5.92. The van der Waals surface area contributed by atoms with Gasteiger partial charge in [0.2, 0.25) is 0 Å². The van der Waals surface area contributed by atoms with Crippen LogP contribution in [0.2, 0.25) is 0 Å². The van der Waals surface area contributed by atoms with E-state index in [0.29, 0.717) is 18.8 Å². The zero-order valence-corrected chi connectivity index (χ0v) is 16.0. The van der Waals surface area contributed by atoms with Crippen molar-refractivity contribution < 1.29 is 9.53 Å². The van der Waals surface area contributed by atoms with Crippen LogP contribution in [-0.4, -0.2) is 22.3 Å². The van der Waals surface area contributed by atoms with Gasteiger partial charge in [-0.25, -0.2) is 0 Å². The predicted octanol–water partition coefficient (Wildman–Crippen LogP) is 4.17. The molecule has 1 aromatic carbocycles. The lowest BCUT2D eigenvalue weighted by Gasteiger charge is -2.09. The van der Waals surface area contributed by atoms with Gasteiger partial charge in [0.15, 0.2) is 0 Å². The highest BCUT2D eigenvalue weighted by Gasteiger charge is 2.11. The zero-order valence-electron chi connectivity index (χ0n) is 16.0. The Labute approximate surface area is 156 Å². The van der Waals surface area contributed by atoms with Gasteiger partial charge in [0.25, 0.3) is 5.91 Å². The summed E-state index contributed by atoms with van der Waals surface area (Å²) < 4.78 is 7.41. The van der Waals surface area contributed by atoms with Gasteiger partial charge in [-0.05, 0) is 56.4 Å². The minimum Gasteiger partial charge on any atom is -0.494 e. The second kappa shape index (κ2) is 10.4. The summed E-state index contributed by atoms with van der Waals surface area (Å²) in [5.41, 5.74) is 2.41. The van der Waals surface area contributed by atoms with Crippen molar-refractivity contribution in [3.8, 4) is 5.75 Å². The molecule has 5 nitrogen and oxygen atoms in total. The highest BCUT2D eigenvalue weighted by Crippen LogP contribution is 2.14. The topological polar surface area (TPSA) is 56.1 Å². The first-order valence-electron chi connectivity index (χ1n) is 9.25. The maximum Gasteiger partial charge on any atom is 0.269 e. The van der Waals surface area contributed by atoms with Gasteiger partial charge in [-0.2, -0.15) is 5.10 Å². The molecule has 5 heteroatoms. The van der Waals surface area contributed by atoms with Crippen LogP contribution in [0.3, 0.4) is 0 Å². The molecular formula is C21H29N3O2. The van der Waals surface area contributed by atoms with Gasteiger partial charge in [0.05, 0.1) is 12.3 Å². The van der Waals surface area contributed by atoms with E-state index in [-0.39, 0.29) is 5.91 Å². The Morgan fingerprint density at radius 2 is 2.12 bits per heavy atom. The predicted molar refractivity (Wildman–Crippen MR) is 104 cm³/mol. The van der Waals surface area contributed by atoms with Gasteiger partial charge in [-0.1, -0.05) is 31.2 Å². The number of ether oxygens (including phenoxy) is 1. The quantitative estimate of drug-likeness (QED) is 0.514. The average Bonchev–Trinajstić information content (AvgIpc) is 2.97. The normalized spacial score (nSPS) is 11.0. The SMILES string of the molecule is CCC=CCCCCOc1cccc(CNC(=O)c2cc(C)nn2C)c1. The lowest BCUT2D eigenvalue weighted by molar-refractivity contribution is 0.0941. The molecule has 2 rings (SSSR count). The first-order chi connectivity index (χ1) is 12.6. The van der Waals surface area contributed by atoms with E-state index in [1.54, 1.807) is 17.8 Å². The highest BCUT2D eigenvalue weighted by atomic mass is 16.5. The molecule has 0 fully saturated rings. The number of aryl methyl sites for hydroxylation is 2. The maximum absolute atomic E-state index is 12.2. The number of nitrogens with zero attached hydrogens (tertiary/aromatic N) is 2. The molecule has 140 valence electrons. The monoisotopic (exact) mass is 355 g/mol. The molecule has 0 aliphatic heterocycles. The maximum atomic E-state index is 12.2. The molecule has 0 saturated heterocycles. The molecule has 0 radical (unpaired) electrons. The molecule has 1 aromatic heterocycles. The largest absolute Gasteiger partial charge is 0.494 e. The smallest absolute Gasteiger partial charge is 0.269 e. The lowest BCUT2D eigenvalue weighted by Crippen LogP contribution is -2.25. The molecule has 0 atom stereocenters. The van der Waals surface area contributed by atoms with Crippen molar-refractivity contribution in [2.75, 3.05) is 6.61 Å². The molecular weight excluding hydrogens is 326 g/mol. The third-order valence-electron chi connectivity index (χ3n) is 4.02. The molecule has 0 bridgehead atoms. The number of rotatable bonds is 10. The molecule has 0 unspecified atom stereocenters. The van der Waals surface area contributed by atoms with Crippen molar-refractivity contribution in [2.24, 2.45) is 7.05 Å². The first kappa shape index (κ1) is 19.8. The fraction of sp³-hybridized carbons (Fsp3) is 0.429. The van der Waals surface area contributed by atoms with Crippen molar-refractivity contribution in [1.29, 1.82) is 0 Å². The van der Waals surface area contributed by atoms with Crippen molar-refractivity contribution in [1.82, 2.24) is 15.1 Å². The second-order valence-electron chi connectivity index (χ2n) is 6.35. The van der Waals surface area contributed by atoms with Crippen LogP contribution >= 0.6 is 0 Å². The van der Waals surface area contributed by atoms with Crippen LogP contribution in [0.5, 0.6) is 5.75 Å². The summed E-state index contributed by atoms with van der Waals surface area (Å²) in [6.45, 7) is 5.19. The lowest BCUT2D eigenvalue weighted by atomic mass is 10.2. The summed E-state index contributed by atoms with van der Waals surface area (Å²) in [7, 11) is 1.77. The molecule has 1 N–H and O–H groups in total. The van der Waals surface area contributed by atoms with Gasteiger partial charge >= 0.3 is 0 Å². The molecule has 1 heterocycles. The first-order valence-corrected chi connectivity index (χ1v) is 9.25.